The maximum atomic E-state index is 13.0. The molecular formula is C26H31ClF4N4O4S2. The van der Waals surface area contributed by atoms with E-state index in [2.05, 4.69) is 15.6 Å². The van der Waals surface area contributed by atoms with Gasteiger partial charge in [-0.1, -0.05) is 16.4 Å². The van der Waals surface area contributed by atoms with E-state index in [-0.39, 0.29) is 40.4 Å². The third-order valence-electron chi connectivity index (χ3n) is 5.45. The lowest BCUT2D eigenvalue weighted by atomic mass is 10.2. The van der Waals surface area contributed by atoms with Crippen molar-refractivity contribution in [2.45, 2.75) is 52.9 Å². The third kappa shape index (κ3) is 9.62. The molecule has 226 valence electrons. The Morgan fingerprint density at radius 1 is 1.05 bits per heavy atom. The van der Waals surface area contributed by atoms with Gasteiger partial charge in [0.1, 0.15) is 11.7 Å². The van der Waals surface area contributed by atoms with E-state index in [4.69, 9.17) is 21.1 Å². The number of hydrogen-bond donors (Lipinski definition) is 0. The van der Waals surface area contributed by atoms with Gasteiger partial charge in [-0.2, -0.15) is 13.2 Å². The number of aryl methyl sites for hydroxylation is 2. The van der Waals surface area contributed by atoms with Gasteiger partial charge in [0.2, 0.25) is 10.9 Å². The minimum atomic E-state index is -4.61. The largest absolute Gasteiger partial charge is 0.459 e. The van der Waals surface area contributed by atoms with Gasteiger partial charge in [0.25, 0.3) is 11.1 Å². The molecule has 1 aromatic carbocycles. The number of alkyl halides is 4. The van der Waals surface area contributed by atoms with Gasteiger partial charge in [0.05, 0.1) is 18.3 Å². The molecule has 0 N–H and O–H groups in total. The van der Waals surface area contributed by atoms with Crippen LogP contribution in [0.2, 0.25) is 0 Å². The summed E-state index contributed by atoms with van der Waals surface area (Å²) in [5.74, 6) is -1.04. The number of amides is 2. The molecule has 2 heterocycles. The van der Waals surface area contributed by atoms with Crippen LogP contribution >= 0.6 is 34.3 Å². The number of aromatic nitrogens is 2. The molecule has 3 aromatic rings. The molecule has 8 nitrogen and oxygen atoms in total. The summed E-state index contributed by atoms with van der Waals surface area (Å²) in [7, 11) is 1.63. The van der Waals surface area contributed by atoms with Gasteiger partial charge >= 0.3 is 6.18 Å². The van der Waals surface area contributed by atoms with E-state index in [0.29, 0.717) is 12.3 Å². The van der Waals surface area contributed by atoms with Crippen LogP contribution in [0.1, 0.15) is 36.2 Å². The first-order valence-corrected chi connectivity index (χ1v) is 14.5. The van der Waals surface area contributed by atoms with Crippen LogP contribution in [-0.2, 0) is 20.5 Å². The summed E-state index contributed by atoms with van der Waals surface area (Å²) in [6, 6.07) is 5.00. The zero-order valence-electron chi connectivity index (χ0n) is 23.3. The molecule has 0 fully saturated rings. The van der Waals surface area contributed by atoms with E-state index in [0.717, 1.165) is 16.1 Å². The lowest BCUT2D eigenvalue weighted by Gasteiger charge is -2.29. The van der Waals surface area contributed by atoms with Gasteiger partial charge in [-0.15, -0.1) is 28.0 Å². The number of hydrogen-bond acceptors (Lipinski definition) is 8. The number of methoxy groups -OCH3 is 1. The minimum Gasteiger partial charge on any atom is -0.459 e. The maximum absolute atomic E-state index is 13.0. The van der Waals surface area contributed by atoms with Crippen molar-refractivity contribution in [1.29, 1.82) is 0 Å². The molecule has 2 amide bonds. The fourth-order valence-corrected chi connectivity index (χ4v) is 5.33. The lowest BCUT2D eigenvalue weighted by Crippen LogP contribution is -2.42. The standard InChI is InChI=1S/C14H13F4N3O2S.C12H18ClNO2S/c1-8(2)21(10-5-3-9(15)4-6-10)11(22)7-23-13-20-19-12(24-13)14(16,17)18;1-8-7-17-10(3)12(8)14(11(15)5-13)9(2)6-16-4/h3-6,8H,7H2,1-2H3;7,9H,5-6H2,1-4H3/t;9-/m.0/s1. The van der Waals surface area contributed by atoms with Crippen LogP contribution in [-0.4, -0.2) is 60.3 Å². The molecule has 2 aromatic heterocycles. The van der Waals surface area contributed by atoms with Gasteiger partial charge in [0.15, 0.2) is 6.61 Å². The van der Waals surface area contributed by atoms with Crippen molar-refractivity contribution in [2.75, 3.05) is 36.0 Å². The third-order valence-corrected chi connectivity index (χ3v) is 7.58. The molecule has 15 heteroatoms. The highest BCUT2D eigenvalue weighted by molar-refractivity contribution is 7.13. The van der Waals surface area contributed by atoms with E-state index < -0.39 is 29.5 Å². The molecule has 0 aliphatic heterocycles. The first-order chi connectivity index (χ1) is 19.2. The van der Waals surface area contributed by atoms with Crippen LogP contribution in [0, 0.1) is 19.7 Å². The zero-order chi connectivity index (χ0) is 30.9. The normalized spacial score (nSPS) is 12.0. The summed E-state index contributed by atoms with van der Waals surface area (Å²) >= 11 is 7.54. The summed E-state index contributed by atoms with van der Waals surface area (Å²) < 4.78 is 60.4. The van der Waals surface area contributed by atoms with E-state index in [1.807, 2.05) is 20.8 Å². The lowest BCUT2D eigenvalue weighted by molar-refractivity contribution is -0.138. The van der Waals surface area contributed by atoms with Gasteiger partial charge in [-0.3, -0.25) is 9.59 Å². The Hall–Kier alpha value is -2.81. The molecule has 0 bridgehead atoms. The van der Waals surface area contributed by atoms with Crippen LogP contribution < -0.4 is 14.5 Å². The first-order valence-electron chi connectivity index (χ1n) is 12.2. The van der Waals surface area contributed by atoms with Crippen molar-refractivity contribution >= 4 is 57.5 Å². The van der Waals surface area contributed by atoms with Gasteiger partial charge < -0.3 is 19.3 Å². The van der Waals surface area contributed by atoms with E-state index in [1.54, 1.807) is 37.2 Å². The summed E-state index contributed by atoms with van der Waals surface area (Å²) in [4.78, 5) is 28.5. The van der Waals surface area contributed by atoms with Crippen molar-refractivity contribution in [3.05, 3.63) is 50.9 Å². The Kier molecular flexibility index (Phi) is 12.9. The zero-order valence-corrected chi connectivity index (χ0v) is 25.7. The Morgan fingerprint density at radius 2 is 1.68 bits per heavy atom. The molecule has 0 unspecified atom stereocenters. The molecule has 0 aliphatic rings. The summed E-state index contributed by atoms with van der Waals surface area (Å²) in [6.07, 6.45) is -4.61. The molecular weight excluding hydrogens is 608 g/mol. The number of rotatable bonds is 10. The molecule has 1 atom stereocenters. The maximum Gasteiger partial charge on any atom is 0.445 e. The van der Waals surface area contributed by atoms with E-state index in [9.17, 15) is 27.2 Å². The average molecular weight is 639 g/mol. The van der Waals surface area contributed by atoms with Crippen LogP contribution in [0.4, 0.5) is 28.9 Å². The van der Waals surface area contributed by atoms with Gasteiger partial charge in [-0.05, 0) is 69.8 Å². The molecule has 0 saturated carbocycles. The summed E-state index contributed by atoms with van der Waals surface area (Å²) in [5.41, 5.74) is 2.53. The van der Waals surface area contributed by atoms with Crippen LogP contribution in [0.3, 0.4) is 0 Å². The second-order valence-corrected chi connectivity index (χ2v) is 11.3. The fourth-order valence-electron chi connectivity index (χ4n) is 3.80. The smallest absolute Gasteiger partial charge is 0.445 e. The molecule has 0 spiro atoms. The number of carbonyl (C=O) groups is 2. The number of anilines is 2. The van der Waals surface area contributed by atoms with Crippen LogP contribution in [0.5, 0.6) is 5.19 Å². The monoisotopic (exact) mass is 638 g/mol. The highest BCUT2D eigenvalue weighted by Crippen LogP contribution is 2.34. The second kappa shape index (κ2) is 15.4. The van der Waals surface area contributed by atoms with Crippen molar-refractivity contribution in [3.63, 3.8) is 0 Å². The average Bonchev–Trinajstić information content (AvgIpc) is 3.52. The number of halogens is 5. The topological polar surface area (TPSA) is 84.9 Å². The van der Waals surface area contributed by atoms with E-state index >= 15 is 0 Å². The minimum absolute atomic E-state index is 0.0111. The van der Waals surface area contributed by atoms with Crippen molar-refractivity contribution in [2.24, 2.45) is 0 Å². The second-order valence-electron chi connectivity index (χ2n) is 9.02. The molecule has 3 rings (SSSR count). The number of carbonyl (C=O) groups excluding carboxylic acids is 2. The van der Waals surface area contributed by atoms with Crippen molar-refractivity contribution in [1.82, 2.24) is 10.2 Å². The van der Waals surface area contributed by atoms with Crippen LogP contribution in [0.15, 0.2) is 29.6 Å². The Labute approximate surface area is 248 Å². The summed E-state index contributed by atoms with van der Waals surface area (Å²) in [6.45, 7) is 9.46. The number of ether oxygens (including phenoxy) is 2. The highest BCUT2D eigenvalue weighted by Gasteiger charge is 2.36. The predicted octanol–water partition coefficient (Wildman–Crippen LogP) is 6.49. The van der Waals surface area contributed by atoms with Gasteiger partial charge in [0, 0.05) is 23.7 Å². The van der Waals surface area contributed by atoms with Crippen molar-refractivity contribution in [3.8, 4) is 5.19 Å². The Bertz CT molecular complexity index is 1270. The Morgan fingerprint density at radius 3 is 2.15 bits per heavy atom. The molecule has 0 radical (unpaired) electrons. The fraction of sp³-hybridized carbons (Fsp3) is 0.462. The number of thiophene rings is 1. The van der Waals surface area contributed by atoms with Crippen molar-refractivity contribution < 1.29 is 36.6 Å². The SMILES string of the molecule is CC(C)N(C(=O)COc1nnc(C(F)(F)F)s1)c1ccc(F)cc1.COC[C@H](C)N(C(=O)CCl)c1c(C)csc1C. The molecule has 41 heavy (non-hydrogen) atoms. The quantitative estimate of drug-likeness (QED) is 0.187. The number of nitrogens with zero attached hydrogens (tertiary/aromatic N) is 4. The van der Waals surface area contributed by atoms with Crippen LogP contribution in [0.25, 0.3) is 0 Å². The Balaban J connectivity index is 0.000000305. The van der Waals surface area contributed by atoms with E-state index in [1.165, 1.54) is 29.2 Å². The highest BCUT2D eigenvalue weighted by atomic mass is 35.5. The molecule has 0 saturated heterocycles. The van der Waals surface area contributed by atoms with Gasteiger partial charge in [-0.25, -0.2) is 4.39 Å². The first kappa shape index (κ1) is 34.4. The molecule has 0 aliphatic carbocycles. The summed E-state index contributed by atoms with van der Waals surface area (Å²) in [5, 5.41) is 6.77. The number of benzene rings is 1. The predicted molar refractivity (Wildman–Crippen MR) is 153 cm³/mol.